The van der Waals surface area contributed by atoms with Crippen LogP contribution in [-0.2, 0) is 0 Å². The van der Waals surface area contributed by atoms with E-state index in [-0.39, 0.29) is 23.3 Å². The van der Waals surface area contributed by atoms with E-state index in [0.29, 0.717) is 5.69 Å². The molecule has 2 N–H and O–H groups in total. The summed E-state index contributed by atoms with van der Waals surface area (Å²) in [5, 5.41) is 16.1. The van der Waals surface area contributed by atoms with E-state index in [1.54, 1.807) is 12.1 Å². The number of nitrogens with one attached hydrogen (secondary N) is 1. The molecule has 0 saturated carbocycles. The first-order valence-electron chi connectivity index (χ1n) is 7.50. The Balaban J connectivity index is 1.92. The van der Waals surface area contributed by atoms with Gasteiger partial charge in [-0.15, -0.1) is 0 Å². The van der Waals surface area contributed by atoms with Crippen LogP contribution < -0.4 is 5.32 Å². The standard InChI is InChI=1S/C17H17N3O3/c21-16(18-12-7-3-1-4-8-12)15-11-14(17(22)23)19-20(15)13-9-5-2-6-10-13/h1-3,5-6,9-12H,4,7-8H2,(H,18,21)(H,22,23)/t12-/m0/s1. The molecule has 1 aromatic carbocycles. The first-order chi connectivity index (χ1) is 11.1. The Morgan fingerprint density at radius 1 is 1.22 bits per heavy atom. The number of aromatic carboxylic acids is 1. The molecule has 0 unspecified atom stereocenters. The van der Waals surface area contributed by atoms with Crippen molar-refractivity contribution in [3.63, 3.8) is 0 Å². The summed E-state index contributed by atoms with van der Waals surface area (Å²) in [6.45, 7) is 0. The topological polar surface area (TPSA) is 84.2 Å². The second-order valence-electron chi connectivity index (χ2n) is 5.42. The van der Waals surface area contributed by atoms with Crippen molar-refractivity contribution in [1.29, 1.82) is 0 Å². The molecule has 118 valence electrons. The second-order valence-corrected chi connectivity index (χ2v) is 5.42. The summed E-state index contributed by atoms with van der Waals surface area (Å²) >= 11 is 0. The molecular formula is C17H17N3O3. The maximum atomic E-state index is 12.6. The lowest BCUT2D eigenvalue weighted by molar-refractivity contribution is 0.0689. The molecule has 0 aliphatic heterocycles. The van der Waals surface area contributed by atoms with E-state index in [4.69, 9.17) is 5.11 Å². The number of allylic oxidation sites excluding steroid dienone is 1. The minimum absolute atomic E-state index is 0.0694. The third-order valence-electron chi connectivity index (χ3n) is 3.77. The number of hydrogen-bond acceptors (Lipinski definition) is 3. The third-order valence-corrected chi connectivity index (χ3v) is 3.77. The highest BCUT2D eigenvalue weighted by Gasteiger charge is 2.22. The van der Waals surface area contributed by atoms with Gasteiger partial charge < -0.3 is 10.4 Å². The highest BCUT2D eigenvalue weighted by molar-refractivity contribution is 5.96. The van der Waals surface area contributed by atoms with Crippen LogP contribution in [0.3, 0.4) is 0 Å². The molecule has 0 spiro atoms. The van der Waals surface area contributed by atoms with E-state index < -0.39 is 5.97 Å². The molecule has 0 saturated heterocycles. The minimum Gasteiger partial charge on any atom is -0.476 e. The van der Waals surface area contributed by atoms with E-state index in [1.165, 1.54) is 10.7 Å². The van der Waals surface area contributed by atoms with Gasteiger partial charge in [-0.3, -0.25) is 4.79 Å². The highest BCUT2D eigenvalue weighted by Crippen LogP contribution is 2.15. The Bertz CT molecular complexity index is 750. The van der Waals surface area contributed by atoms with Gasteiger partial charge >= 0.3 is 5.97 Å². The summed E-state index contributed by atoms with van der Waals surface area (Å²) in [7, 11) is 0. The van der Waals surface area contributed by atoms with Gasteiger partial charge in [0.1, 0.15) is 5.69 Å². The molecule has 0 fully saturated rings. The number of carboxylic acid groups (broad SMARTS) is 1. The fourth-order valence-corrected chi connectivity index (χ4v) is 2.60. The number of carbonyl (C=O) groups excluding carboxylic acids is 1. The maximum Gasteiger partial charge on any atom is 0.356 e. The lowest BCUT2D eigenvalue weighted by Gasteiger charge is -2.19. The van der Waals surface area contributed by atoms with Crippen LogP contribution in [0.2, 0.25) is 0 Å². The van der Waals surface area contributed by atoms with Crippen LogP contribution in [-0.4, -0.2) is 32.8 Å². The summed E-state index contributed by atoms with van der Waals surface area (Å²) < 4.78 is 1.37. The van der Waals surface area contributed by atoms with Gasteiger partial charge in [0.2, 0.25) is 0 Å². The van der Waals surface area contributed by atoms with Gasteiger partial charge in [0.05, 0.1) is 5.69 Å². The molecule has 23 heavy (non-hydrogen) atoms. The van der Waals surface area contributed by atoms with Crippen LogP contribution in [0, 0.1) is 0 Å². The van der Waals surface area contributed by atoms with Crippen LogP contribution in [0.4, 0.5) is 0 Å². The van der Waals surface area contributed by atoms with E-state index in [9.17, 15) is 9.59 Å². The van der Waals surface area contributed by atoms with Crippen molar-refractivity contribution >= 4 is 11.9 Å². The molecule has 6 nitrogen and oxygen atoms in total. The average molecular weight is 311 g/mol. The molecule has 2 aromatic rings. The molecule has 1 atom stereocenters. The number of nitrogens with zero attached hydrogens (tertiary/aromatic N) is 2. The Hall–Kier alpha value is -2.89. The van der Waals surface area contributed by atoms with Gasteiger partial charge in [-0.1, -0.05) is 30.4 Å². The predicted octanol–water partition coefficient (Wildman–Crippen LogP) is 2.41. The van der Waals surface area contributed by atoms with Crippen molar-refractivity contribution in [2.75, 3.05) is 0 Å². The minimum atomic E-state index is -1.16. The summed E-state index contributed by atoms with van der Waals surface area (Å²) in [5.41, 5.74) is 0.722. The largest absolute Gasteiger partial charge is 0.476 e. The van der Waals surface area contributed by atoms with Gasteiger partial charge in [0.15, 0.2) is 5.69 Å². The Morgan fingerprint density at radius 2 is 2.00 bits per heavy atom. The SMILES string of the molecule is O=C(O)c1cc(C(=O)N[C@H]2CC=CCC2)n(-c2ccccc2)n1. The zero-order valence-electron chi connectivity index (χ0n) is 12.5. The molecule has 0 radical (unpaired) electrons. The first kappa shape index (κ1) is 15.0. The number of rotatable bonds is 4. The van der Waals surface area contributed by atoms with Crippen LogP contribution in [0.5, 0.6) is 0 Å². The molecule has 1 aliphatic rings. The van der Waals surface area contributed by atoms with Crippen molar-refractivity contribution in [2.45, 2.75) is 25.3 Å². The third kappa shape index (κ3) is 3.31. The lowest BCUT2D eigenvalue weighted by atomic mass is 10.0. The normalized spacial score (nSPS) is 17.0. The summed E-state index contributed by atoms with van der Waals surface area (Å²) in [5.74, 6) is -1.47. The smallest absolute Gasteiger partial charge is 0.356 e. The van der Waals surface area contributed by atoms with Crippen molar-refractivity contribution in [3.8, 4) is 5.69 Å². The Morgan fingerprint density at radius 3 is 2.65 bits per heavy atom. The van der Waals surface area contributed by atoms with Crippen molar-refractivity contribution < 1.29 is 14.7 Å². The van der Waals surface area contributed by atoms with E-state index >= 15 is 0 Å². The van der Waals surface area contributed by atoms with Crippen molar-refractivity contribution in [1.82, 2.24) is 15.1 Å². The lowest BCUT2D eigenvalue weighted by Crippen LogP contribution is -2.36. The molecule has 1 aliphatic carbocycles. The van der Waals surface area contributed by atoms with Crippen molar-refractivity contribution in [3.05, 3.63) is 59.9 Å². The fraction of sp³-hybridized carbons (Fsp3) is 0.235. The molecular weight excluding hydrogens is 294 g/mol. The number of carbonyl (C=O) groups is 2. The van der Waals surface area contributed by atoms with Crippen LogP contribution in [0.25, 0.3) is 5.69 Å². The monoisotopic (exact) mass is 311 g/mol. The molecule has 1 heterocycles. The Kier molecular flexibility index (Phi) is 4.23. The number of amides is 1. The molecule has 3 rings (SSSR count). The molecule has 0 bridgehead atoms. The van der Waals surface area contributed by atoms with Gasteiger partial charge in [-0.05, 0) is 31.4 Å². The average Bonchev–Trinajstić information content (AvgIpc) is 3.02. The van der Waals surface area contributed by atoms with Gasteiger partial charge in [-0.2, -0.15) is 5.10 Å². The molecule has 6 heteroatoms. The highest BCUT2D eigenvalue weighted by atomic mass is 16.4. The van der Waals surface area contributed by atoms with Crippen LogP contribution in [0.1, 0.15) is 40.2 Å². The summed E-state index contributed by atoms with van der Waals surface area (Å²) in [6.07, 6.45) is 6.75. The van der Waals surface area contributed by atoms with Gasteiger partial charge in [-0.25, -0.2) is 9.48 Å². The fourth-order valence-electron chi connectivity index (χ4n) is 2.60. The zero-order valence-corrected chi connectivity index (χ0v) is 12.5. The molecule has 1 aromatic heterocycles. The van der Waals surface area contributed by atoms with Crippen molar-refractivity contribution in [2.24, 2.45) is 0 Å². The summed E-state index contributed by atoms with van der Waals surface area (Å²) in [6, 6.07) is 10.4. The number of aromatic nitrogens is 2. The van der Waals surface area contributed by atoms with Gasteiger partial charge in [0.25, 0.3) is 5.91 Å². The number of para-hydroxylation sites is 1. The number of carboxylic acids is 1. The second kappa shape index (κ2) is 6.48. The zero-order chi connectivity index (χ0) is 16.2. The van der Waals surface area contributed by atoms with Crippen LogP contribution in [0.15, 0.2) is 48.6 Å². The molecule has 1 amide bonds. The van der Waals surface area contributed by atoms with Gasteiger partial charge in [0, 0.05) is 12.1 Å². The quantitative estimate of drug-likeness (QED) is 0.849. The maximum absolute atomic E-state index is 12.6. The van der Waals surface area contributed by atoms with E-state index in [2.05, 4.69) is 16.5 Å². The van der Waals surface area contributed by atoms with E-state index in [0.717, 1.165) is 19.3 Å². The Labute approximate surface area is 133 Å². The number of hydrogen-bond donors (Lipinski definition) is 2. The van der Waals surface area contributed by atoms with Crippen LogP contribution >= 0.6 is 0 Å². The number of benzene rings is 1. The first-order valence-corrected chi connectivity index (χ1v) is 7.50. The van der Waals surface area contributed by atoms with E-state index in [1.807, 2.05) is 24.3 Å². The predicted molar refractivity (Wildman–Crippen MR) is 84.8 cm³/mol. The summed E-state index contributed by atoms with van der Waals surface area (Å²) in [4.78, 5) is 23.7.